The van der Waals surface area contributed by atoms with Gasteiger partial charge in [0.15, 0.2) is 0 Å². The van der Waals surface area contributed by atoms with E-state index in [4.69, 9.17) is 0 Å². The number of fused-ring (bicyclic) bond motifs is 1. The zero-order chi connectivity index (χ0) is 7.68. The maximum Gasteiger partial charge on any atom is 0.0438 e. The molecule has 1 aliphatic rings. The van der Waals surface area contributed by atoms with E-state index in [2.05, 4.69) is 18.0 Å². The van der Waals surface area contributed by atoms with Crippen LogP contribution in [0.4, 0.5) is 0 Å². The molecule has 1 atom stereocenters. The first-order valence-electron chi connectivity index (χ1n) is 4.33. The highest BCUT2D eigenvalue weighted by Gasteiger charge is 2.19. The molecule has 0 spiro atoms. The van der Waals surface area contributed by atoms with Crippen LogP contribution in [-0.2, 0) is 12.8 Å². The lowest BCUT2D eigenvalue weighted by Gasteiger charge is -2.00. The van der Waals surface area contributed by atoms with Crippen LogP contribution in [0.15, 0.2) is 18.3 Å². The van der Waals surface area contributed by atoms with E-state index in [1.54, 1.807) is 0 Å². The summed E-state index contributed by atoms with van der Waals surface area (Å²) in [7, 11) is 0. The Bertz CT molecular complexity index is 230. The molecule has 0 amide bonds. The maximum atomic E-state index is 4.36. The van der Waals surface area contributed by atoms with E-state index >= 15 is 0 Å². The Morgan fingerprint density at radius 2 is 2.45 bits per heavy atom. The Hall–Kier alpha value is -0.850. The first-order valence-corrected chi connectivity index (χ1v) is 4.33. The Morgan fingerprint density at radius 1 is 1.55 bits per heavy atom. The quantitative estimate of drug-likeness (QED) is 0.593. The molecule has 0 radical (unpaired) electrons. The van der Waals surface area contributed by atoms with Crippen LogP contribution < -0.4 is 0 Å². The highest BCUT2D eigenvalue weighted by Crippen LogP contribution is 2.26. The second-order valence-electron chi connectivity index (χ2n) is 3.29. The van der Waals surface area contributed by atoms with Crippen LogP contribution in [0.3, 0.4) is 0 Å². The van der Waals surface area contributed by atoms with Crippen molar-refractivity contribution >= 4 is 0 Å². The van der Waals surface area contributed by atoms with Crippen molar-refractivity contribution in [3.8, 4) is 0 Å². The molecule has 0 saturated heterocycles. The molecule has 0 fully saturated rings. The first-order chi connectivity index (χ1) is 5.40. The predicted molar refractivity (Wildman–Crippen MR) is 45.4 cm³/mol. The van der Waals surface area contributed by atoms with Gasteiger partial charge in [-0.1, -0.05) is 19.4 Å². The summed E-state index contributed by atoms with van der Waals surface area (Å²) >= 11 is 0. The van der Waals surface area contributed by atoms with Gasteiger partial charge in [0, 0.05) is 11.9 Å². The molecule has 2 rings (SSSR count). The summed E-state index contributed by atoms with van der Waals surface area (Å²) < 4.78 is 0. The lowest BCUT2D eigenvalue weighted by Crippen LogP contribution is -1.95. The van der Waals surface area contributed by atoms with Crippen molar-refractivity contribution in [3.63, 3.8) is 0 Å². The zero-order valence-corrected chi connectivity index (χ0v) is 6.88. The minimum atomic E-state index is 0.861. The van der Waals surface area contributed by atoms with Gasteiger partial charge >= 0.3 is 0 Å². The maximum absolute atomic E-state index is 4.36. The van der Waals surface area contributed by atoms with Crippen molar-refractivity contribution in [2.24, 2.45) is 5.92 Å². The molecule has 0 aliphatic heterocycles. The molecule has 58 valence electrons. The number of pyridine rings is 1. The molecular weight excluding hydrogens is 134 g/mol. The van der Waals surface area contributed by atoms with E-state index in [9.17, 15) is 0 Å². The zero-order valence-electron chi connectivity index (χ0n) is 6.88. The van der Waals surface area contributed by atoms with Crippen molar-refractivity contribution in [2.75, 3.05) is 0 Å². The number of hydrogen-bond acceptors (Lipinski definition) is 1. The summed E-state index contributed by atoms with van der Waals surface area (Å²) in [5, 5.41) is 0. The van der Waals surface area contributed by atoms with Gasteiger partial charge in [-0.05, 0) is 30.4 Å². The van der Waals surface area contributed by atoms with Crippen LogP contribution in [0.2, 0.25) is 0 Å². The highest BCUT2D eigenvalue weighted by molar-refractivity contribution is 5.25. The normalized spacial score (nSPS) is 21.7. The molecule has 0 N–H and O–H groups in total. The van der Waals surface area contributed by atoms with Crippen LogP contribution >= 0.6 is 0 Å². The van der Waals surface area contributed by atoms with Crippen LogP contribution in [0.25, 0.3) is 0 Å². The van der Waals surface area contributed by atoms with Crippen LogP contribution in [0.1, 0.15) is 24.6 Å². The third-order valence-corrected chi connectivity index (χ3v) is 2.55. The number of hydrogen-bond donors (Lipinski definition) is 0. The minimum Gasteiger partial charge on any atom is -0.261 e. The Morgan fingerprint density at radius 3 is 3.18 bits per heavy atom. The standard InChI is InChI=1S/C10H13N/c1-2-8-6-9-4-3-5-11-10(9)7-8/h3-5,8H,2,6-7H2,1H3. The van der Waals surface area contributed by atoms with Gasteiger partial charge in [-0.25, -0.2) is 0 Å². The van der Waals surface area contributed by atoms with E-state index in [1.165, 1.54) is 30.5 Å². The molecular formula is C10H13N. The highest BCUT2D eigenvalue weighted by atomic mass is 14.7. The Balaban J connectivity index is 2.27. The van der Waals surface area contributed by atoms with Gasteiger partial charge in [0.25, 0.3) is 0 Å². The molecule has 0 bridgehead atoms. The average molecular weight is 147 g/mol. The first kappa shape index (κ1) is 6.84. The monoisotopic (exact) mass is 147 g/mol. The van der Waals surface area contributed by atoms with E-state index in [1.807, 2.05) is 12.3 Å². The molecule has 11 heavy (non-hydrogen) atoms. The Labute approximate surface area is 67.5 Å². The largest absolute Gasteiger partial charge is 0.261 e. The topological polar surface area (TPSA) is 12.9 Å². The van der Waals surface area contributed by atoms with Gasteiger partial charge < -0.3 is 0 Å². The fourth-order valence-corrected chi connectivity index (χ4v) is 1.79. The second kappa shape index (κ2) is 2.65. The van der Waals surface area contributed by atoms with Crippen molar-refractivity contribution in [2.45, 2.75) is 26.2 Å². The molecule has 1 aromatic heterocycles. The van der Waals surface area contributed by atoms with E-state index in [0.29, 0.717) is 0 Å². The molecule has 1 heterocycles. The van der Waals surface area contributed by atoms with Gasteiger partial charge in [0.05, 0.1) is 0 Å². The number of aromatic nitrogens is 1. The summed E-state index contributed by atoms with van der Waals surface area (Å²) in [4.78, 5) is 4.36. The summed E-state index contributed by atoms with van der Waals surface area (Å²) in [6, 6.07) is 4.24. The third kappa shape index (κ3) is 1.15. The van der Waals surface area contributed by atoms with Gasteiger partial charge in [0.2, 0.25) is 0 Å². The molecule has 1 heteroatoms. The van der Waals surface area contributed by atoms with Crippen molar-refractivity contribution in [3.05, 3.63) is 29.6 Å². The van der Waals surface area contributed by atoms with Crippen LogP contribution in [0.5, 0.6) is 0 Å². The average Bonchev–Trinajstić information content (AvgIpc) is 2.46. The molecule has 0 saturated carbocycles. The van der Waals surface area contributed by atoms with Crippen molar-refractivity contribution < 1.29 is 0 Å². The molecule has 1 unspecified atom stereocenters. The minimum absolute atomic E-state index is 0.861. The third-order valence-electron chi connectivity index (χ3n) is 2.55. The summed E-state index contributed by atoms with van der Waals surface area (Å²) in [6.07, 6.45) is 5.64. The second-order valence-corrected chi connectivity index (χ2v) is 3.29. The van der Waals surface area contributed by atoms with E-state index in [0.717, 1.165) is 5.92 Å². The smallest absolute Gasteiger partial charge is 0.0438 e. The SMILES string of the molecule is CCC1Cc2cccnc2C1. The van der Waals surface area contributed by atoms with Gasteiger partial charge in [-0.3, -0.25) is 4.98 Å². The van der Waals surface area contributed by atoms with Crippen LogP contribution in [-0.4, -0.2) is 4.98 Å². The number of nitrogens with zero attached hydrogens (tertiary/aromatic N) is 1. The lowest BCUT2D eigenvalue weighted by molar-refractivity contribution is 0.540. The van der Waals surface area contributed by atoms with E-state index < -0.39 is 0 Å². The van der Waals surface area contributed by atoms with Crippen LogP contribution in [0, 0.1) is 5.92 Å². The molecule has 1 aromatic rings. The fourth-order valence-electron chi connectivity index (χ4n) is 1.79. The summed E-state index contributed by atoms with van der Waals surface area (Å²) in [6.45, 7) is 2.26. The Kier molecular flexibility index (Phi) is 1.65. The molecule has 1 aliphatic carbocycles. The molecule has 1 nitrogen and oxygen atoms in total. The van der Waals surface area contributed by atoms with Crippen molar-refractivity contribution in [1.29, 1.82) is 0 Å². The van der Waals surface area contributed by atoms with E-state index in [-0.39, 0.29) is 0 Å². The van der Waals surface area contributed by atoms with Crippen molar-refractivity contribution in [1.82, 2.24) is 4.98 Å². The van der Waals surface area contributed by atoms with Gasteiger partial charge in [-0.15, -0.1) is 0 Å². The summed E-state index contributed by atoms with van der Waals surface area (Å²) in [5.74, 6) is 0.861. The summed E-state index contributed by atoms with van der Waals surface area (Å²) in [5.41, 5.74) is 2.80. The fraction of sp³-hybridized carbons (Fsp3) is 0.500. The van der Waals surface area contributed by atoms with Gasteiger partial charge in [-0.2, -0.15) is 0 Å². The molecule has 0 aromatic carbocycles. The number of rotatable bonds is 1. The van der Waals surface area contributed by atoms with Gasteiger partial charge in [0.1, 0.15) is 0 Å². The predicted octanol–water partition coefficient (Wildman–Crippen LogP) is 2.21. The lowest BCUT2D eigenvalue weighted by atomic mass is 10.0.